The molecule has 18 heavy (non-hydrogen) atoms. The summed E-state index contributed by atoms with van der Waals surface area (Å²) in [6.07, 6.45) is 1.27. The van der Waals surface area contributed by atoms with Crippen LogP contribution in [0.4, 0.5) is 11.9 Å². The number of carbonyl (C=O) groups is 1. The van der Waals surface area contributed by atoms with Gasteiger partial charge in [-0.2, -0.15) is 15.0 Å². The molecule has 98 valence electrons. The minimum atomic E-state index is 0.0794. The van der Waals surface area contributed by atoms with E-state index in [0.717, 1.165) is 6.42 Å². The molecule has 2 N–H and O–H groups in total. The Hall–Kier alpha value is -1.63. The number of amides is 1. The fourth-order valence-corrected chi connectivity index (χ4v) is 1.80. The van der Waals surface area contributed by atoms with E-state index in [0.29, 0.717) is 24.9 Å². The van der Waals surface area contributed by atoms with Gasteiger partial charge in [-0.25, -0.2) is 0 Å². The van der Waals surface area contributed by atoms with Crippen molar-refractivity contribution in [3.63, 3.8) is 0 Å². The van der Waals surface area contributed by atoms with E-state index >= 15 is 0 Å². The number of rotatable bonds is 3. The molecule has 2 heterocycles. The predicted molar refractivity (Wildman–Crippen MR) is 68.8 cm³/mol. The smallest absolute Gasteiger partial charge is 0.230 e. The molecule has 1 aromatic rings. The summed E-state index contributed by atoms with van der Waals surface area (Å²) in [6.45, 7) is 0.569. The molecule has 0 saturated carbocycles. The number of piperidine rings is 1. The van der Waals surface area contributed by atoms with E-state index in [2.05, 4.69) is 25.6 Å². The van der Waals surface area contributed by atoms with Gasteiger partial charge in [0.05, 0.1) is 0 Å². The second kappa shape index (κ2) is 5.34. The summed E-state index contributed by atoms with van der Waals surface area (Å²) in [5.41, 5.74) is 0. The third kappa shape index (κ3) is 3.19. The third-order valence-electron chi connectivity index (χ3n) is 2.60. The van der Waals surface area contributed by atoms with Crippen molar-refractivity contribution in [2.75, 3.05) is 30.9 Å². The van der Waals surface area contributed by atoms with E-state index in [1.54, 1.807) is 4.90 Å². The van der Waals surface area contributed by atoms with Crippen LogP contribution < -0.4 is 15.5 Å². The van der Waals surface area contributed by atoms with Crippen LogP contribution in [0.5, 0.6) is 0 Å². The number of nitrogens with zero attached hydrogens (tertiary/aromatic N) is 4. The Morgan fingerprint density at radius 1 is 1.39 bits per heavy atom. The monoisotopic (exact) mass is 270 g/mol. The minimum Gasteiger partial charge on any atom is -0.354 e. The predicted octanol–water partition coefficient (Wildman–Crippen LogP) is 0.281. The van der Waals surface area contributed by atoms with Gasteiger partial charge in [-0.05, 0) is 18.0 Å². The van der Waals surface area contributed by atoms with Gasteiger partial charge in [0.2, 0.25) is 23.1 Å². The van der Waals surface area contributed by atoms with E-state index in [1.807, 2.05) is 14.1 Å². The van der Waals surface area contributed by atoms with Gasteiger partial charge in [0, 0.05) is 33.1 Å². The van der Waals surface area contributed by atoms with Gasteiger partial charge in [0.15, 0.2) is 0 Å². The second-order valence-electron chi connectivity index (χ2n) is 4.31. The van der Waals surface area contributed by atoms with Crippen LogP contribution in [-0.4, -0.2) is 47.5 Å². The molecule has 0 spiro atoms. The first-order valence-electron chi connectivity index (χ1n) is 5.67. The first-order valence-corrected chi connectivity index (χ1v) is 6.04. The summed E-state index contributed by atoms with van der Waals surface area (Å²) in [5, 5.41) is 6.09. The van der Waals surface area contributed by atoms with Gasteiger partial charge < -0.3 is 15.5 Å². The van der Waals surface area contributed by atoms with Crippen molar-refractivity contribution in [2.45, 2.75) is 18.9 Å². The van der Waals surface area contributed by atoms with Gasteiger partial charge in [-0.15, -0.1) is 0 Å². The minimum absolute atomic E-state index is 0.0794. The van der Waals surface area contributed by atoms with E-state index < -0.39 is 0 Å². The molecular weight excluding hydrogens is 256 g/mol. The zero-order chi connectivity index (χ0) is 13.1. The van der Waals surface area contributed by atoms with Crippen molar-refractivity contribution in [2.24, 2.45) is 0 Å². The van der Waals surface area contributed by atoms with Crippen molar-refractivity contribution >= 4 is 29.4 Å². The van der Waals surface area contributed by atoms with Crippen LogP contribution in [0.25, 0.3) is 0 Å². The molecule has 1 aliphatic heterocycles. The molecule has 7 nitrogen and oxygen atoms in total. The Balaban J connectivity index is 2.06. The number of carbonyl (C=O) groups excluding carboxylic acids is 1. The Morgan fingerprint density at radius 2 is 2.17 bits per heavy atom. The fraction of sp³-hybridized carbons (Fsp3) is 0.600. The van der Waals surface area contributed by atoms with Gasteiger partial charge in [-0.3, -0.25) is 4.79 Å². The molecule has 0 aliphatic carbocycles. The summed E-state index contributed by atoms with van der Waals surface area (Å²) < 4.78 is 0. The van der Waals surface area contributed by atoms with Gasteiger partial charge in [0.1, 0.15) is 0 Å². The third-order valence-corrected chi connectivity index (χ3v) is 2.76. The lowest BCUT2D eigenvalue weighted by molar-refractivity contribution is -0.122. The van der Waals surface area contributed by atoms with Crippen LogP contribution in [0, 0.1) is 0 Å². The number of hydrogen-bond donors (Lipinski definition) is 2. The standard InChI is InChI=1S/C10H15ClN6O/c1-17(2)10-15-8(11)14-9(16-10)13-6-3-4-7(18)12-5-6/h6H,3-5H2,1-2H3,(H,12,18)(H,13,14,15,16). The zero-order valence-electron chi connectivity index (χ0n) is 10.3. The lowest BCUT2D eigenvalue weighted by Gasteiger charge is -2.23. The van der Waals surface area contributed by atoms with E-state index in [4.69, 9.17) is 11.6 Å². The van der Waals surface area contributed by atoms with Gasteiger partial charge >= 0.3 is 0 Å². The van der Waals surface area contributed by atoms with E-state index in [9.17, 15) is 4.79 Å². The molecule has 0 radical (unpaired) electrons. The summed E-state index contributed by atoms with van der Waals surface area (Å²) >= 11 is 5.84. The molecule has 1 fully saturated rings. The maximum atomic E-state index is 11.1. The van der Waals surface area contributed by atoms with E-state index in [1.165, 1.54) is 0 Å². The normalized spacial score (nSPS) is 19.3. The lowest BCUT2D eigenvalue weighted by atomic mass is 10.1. The van der Waals surface area contributed by atoms with Crippen molar-refractivity contribution in [3.8, 4) is 0 Å². The highest BCUT2D eigenvalue weighted by Gasteiger charge is 2.19. The maximum absolute atomic E-state index is 11.1. The van der Waals surface area contributed by atoms with Gasteiger partial charge in [-0.1, -0.05) is 0 Å². The van der Waals surface area contributed by atoms with Crippen molar-refractivity contribution in [1.29, 1.82) is 0 Å². The van der Waals surface area contributed by atoms with Crippen LogP contribution in [0.1, 0.15) is 12.8 Å². The van der Waals surface area contributed by atoms with Crippen LogP contribution in [-0.2, 0) is 4.79 Å². The molecule has 1 atom stereocenters. The summed E-state index contributed by atoms with van der Waals surface area (Å²) in [7, 11) is 3.66. The molecule has 2 rings (SSSR count). The van der Waals surface area contributed by atoms with Crippen molar-refractivity contribution in [1.82, 2.24) is 20.3 Å². The maximum Gasteiger partial charge on any atom is 0.230 e. The summed E-state index contributed by atoms with van der Waals surface area (Å²) in [5.74, 6) is 1.01. The quantitative estimate of drug-likeness (QED) is 0.821. The topological polar surface area (TPSA) is 83.0 Å². The van der Waals surface area contributed by atoms with Crippen LogP contribution in [0.3, 0.4) is 0 Å². The molecule has 1 aromatic heterocycles. The fourth-order valence-electron chi connectivity index (χ4n) is 1.64. The Labute approximate surface area is 110 Å². The Morgan fingerprint density at radius 3 is 2.78 bits per heavy atom. The molecule has 1 aliphatic rings. The largest absolute Gasteiger partial charge is 0.354 e. The van der Waals surface area contributed by atoms with Crippen molar-refractivity contribution < 1.29 is 4.79 Å². The summed E-state index contributed by atoms with van der Waals surface area (Å²) in [6, 6.07) is 0.121. The molecular formula is C10H15ClN6O. The number of aromatic nitrogens is 3. The zero-order valence-corrected chi connectivity index (χ0v) is 11.0. The van der Waals surface area contributed by atoms with Crippen molar-refractivity contribution in [3.05, 3.63) is 5.28 Å². The number of nitrogens with one attached hydrogen (secondary N) is 2. The Bertz CT molecular complexity index is 442. The van der Waals surface area contributed by atoms with Crippen LogP contribution >= 0.6 is 11.6 Å². The highest BCUT2D eigenvalue weighted by molar-refractivity contribution is 6.28. The highest BCUT2D eigenvalue weighted by atomic mass is 35.5. The summed E-state index contributed by atoms with van der Waals surface area (Å²) in [4.78, 5) is 25.1. The average Bonchev–Trinajstić information content (AvgIpc) is 2.31. The molecule has 0 aromatic carbocycles. The van der Waals surface area contributed by atoms with Gasteiger partial charge in [0.25, 0.3) is 0 Å². The Kier molecular flexibility index (Phi) is 3.81. The van der Waals surface area contributed by atoms with E-state index in [-0.39, 0.29) is 17.2 Å². The number of anilines is 2. The second-order valence-corrected chi connectivity index (χ2v) is 4.64. The molecule has 0 bridgehead atoms. The molecule has 1 saturated heterocycles. The van der Waals surface area contributed by atoms with Crippen LogP contribution in [0.2, 0.25) is 5.28 Å². The molecule has 1 amide bonds. The lowest BCUT2D eigenvalue weighted by Crippen LogP contribution is -2.42. The molecule has 8 heteroatoms. The average molecular weight is 271 g/mol. The first-order chi connectivity index (χ1) is 8.54. The number of halogens is 1. The number of hydrogen-bond acceptors (Lipinski definition) is 6. The SMILES string of the molecule is CN(C)c1nc(Cl)nc(NC2CCC(=O)NC2)n1. The first kappa shape index (κ1) is 12.8. The molecule has 1 unspecified atom stereocenters. The van der Waals surface area contributed by atoms with Crippen LogP contribution in [0.15, 0.2) is 0 Å². The highest BCUT2D eigenvalue weighted by Crippen LogP contribution is 2.14.